The molecule has 3 nitrogen and oxygen atoms in total. The van der Waals surface area contributed by atoms with Crippen molar-refractivity contribution in [2.45, 2.75) is 5.41 Å². The van der Waals surface area contributed by atoms with Crippen molar-refractivity contribution in [3.05, 3.63) is 168 Å². The molecule has 1 aliphatic carbocycles. The van der Waals surface area contributed by atoms with Crippen molar-refractivity contribution < 1.29 is 9.47 Å². The van der Waals surface area contributed by atoms with Gasteiger partial charge in [0.2, 0.25) is 0 Å². The minimum atomic E-state index is -0.467. The van der Waals surface area contributed by atoms with E-state index < -0.39 is 5.41 Å². The Morgan fingerprint density at radius 3 is 1.45 bits per heavy atom. The molecule has 0 bridgehead atoms. The number of hydrogen-bond donors (Lipinski definition) is 0. The fourth-order valence-electron chi connectivity index (χ4n) is 9.52. The van der Waals surface area contributed by atoms with Gasteiger partial charge in [-0.3, -0.25) is 0 Å². The van der Waals surface area contributed by atoms with Crippen LogP contribution in [0.3, 0.4) is 0 Å². The molecule has 4 aliphatic rings. The van der Waals surface area contributed by atoms with Crippen LogP contribution in [0.4, 0.5) is 0 Å². The van der Waals surface area contributed by atoms with Crippen LogP contribution in [-0.4, -0.2) is 11.3 Å². The number of fused-ring (bicyclic) bond motifs is 10. The number of nitrogens with zero attached hydrogens (tertiary/aromatic N) is 1. The molecule has 0 amide bonds. The van der Waals surface area contributed by atoms with E-state index in [1.165, 1.54) is 55.1 Å². The molecule has 4 heterocycles. The molecule has 216 valence electrons. The van der Waals surface area contributed by atoms with E-state index in [1.54, 1.807) is 0 Å². The van der Waals surface area contributed by atoms with Gasteiger partial charge in [-0.15, -0.1) is 0 Å². The Hall–Kier alpha value is -6.00. The maximum Gasteiger partial charge on any atom is 0.261 e. The maximum atomic E-state index is 7.00. The van der Waals surface area contributed by atoms with E-state index in [9.17, 15) is 0 Å². The first-order valence-corrected chi connectivity index (χ1v) is 16.3. The highest BCUT2D eigenvalue weighted by Crippen LogP contribution is 2.58. The van der Waals surface area contributed by atoms with Gasteiger partial charge in [-0.2, -0.15) is 0 Å². The zero-order valence-corrected chi connectivity index (χ0v) is 25.2. The number of hydrogen-bond acceptors (Lipinski definition) is 2. The predicted molar refractivity (Wildman–Crippen MR) is 189 cm³/mol. The third kappa shape index (κ3) is 2.71. The molecule has 0 saturated heterocycles. The van der Waals surface area contributed by atoms with E-state index in [0.717, 1.165) is 45.2 Å². The number of para-hydroxylation sites is 2. The van der Waals surface area contributed by atoms with Crippen molar-refractivity contribution in [3.8, 4) is 39.8 Å². The van der Waals surface area contributed by atoms with Crippen LogP contribution in [0.1, 0.15) is 22.3 Å². The van der Waals surface area contributed by atoms with E-state index in [-0.39, 0.29) is 6.71 Å². The summed E-state index contributed by atoms with van der Waals surface area (Å²) in [6.45, 7) is 0.0117. The molecule has 3 aliphatic heterocycles. The van der Waals surface area contributed by atoms with Crippen LogP contribution in [0.5, 0.6) is 23.0 Å². The maximum absolute atomic E-state index is 7.00. The van der Waals surface area contributed by atoms with E-state index in [2.05, 4.69) is 150 Å². The first kappa shape index (κ1) is 24.3. The second-order valence-corrected chi connectivity index (χ2v) is 13.1. The quantitative estimate of drug-likeness (QED) is 0.178. The predicted octanol–water partition coefficient (Wildman–Crippen LogP) is 8.19. The van der Waals surface area contributed by atoms with Crippen LogP contribution in [-0.2, 0) is 5.41 Å². The lowest BCUT2D eigenvalue weighted by Gasteiger charge is -2.46. The highest BCUT2D eigenvalue weighted by Gasteiger charge is 2.56. The Labute approximate surface area is 271 Å². The SMILES string of the molecule is c1ccc2c(c1)-c1ccccc1C21c2cccc3c2B2c4c(cc(-n5c6ccccc6c6ccccc65)cc4Oc4cccc1c42)O3. The number of aromatic nitrogens is 1. The van der Waals surface area contributed by atoms with Gasteiger partial charge in [-0.05, 0) is 68.6 Å². The van der Waals surface area contributed by atoms with Crippen molar-refractivity contribution in [3.63, 3.8) is 0 Å². The summed E-state index contributed by atoms with van der Waals surface area (Å²) in [4.78, 5) is 0. The fourth-order valence-corrected chi connectivity index (χ4v) is 9.52. The molecule has 0 unspecified atom stereocenters. The van der Waals surface area contributed by atoms with Crippen LogP contribution in [0.15, 0.2) is 146 Å². The Bertz CT molecular complexity index is 2540. The van der Waals surface area contributed by atoms with Crippen LogP contribution >= 0.6 is 0 Å². The van der Waals surface area contributed by atoms with E-state index in [0.29, 0.717) is 0 Å². The van der Waals surface area contributed by atoms with Crippen molar-refractivity contribution in [2.24, 2.45) is 0 Å². The normalized spacial score (nSPS) is 14.9. The molecule has 0 radical (unpaired) electrons. The Morgan fingerprint density at radius 1 is 0.426 bits per heavy atom. The van der Waals surface area contributed by atoms with Gasteiger partial charge >= 0.3 is 0 Å². The average Bonchev–Trinajstić information content (AvgIpc) is 3.61. The molecular formula is C43H24BNO2. The van der Waals surface area contributed by atoms with E-state index in [4.69, 9.17) is 9.47 Å². The summed E-state index contributed by atoms with van der Waals surface area (Å²) < 4.78 is 16.3. The molecule has 8 aromatic rings. The third-order valence-electron chi connectivity index (χ3n) is 11.1. The zero-order valence-electron chi connectivity index (χ0n) is 25.2. The smallest absolute Gasteiger partial charge is 0.261 e. The average molecular weight is 597 g/mol. The molecule has 47 heavy (non-hydrogen) atoms. The van der Waals surface area contributed by atoms with Crippen molar-refractivity contribution in [1.82, 2.24) is 4.57 Å². The highest BCUT2D eigenvalue weighted by molar-refractivity contribution is 6.99. The number of rotatable bonds is 1. The summed E-state index contributed by atoms with van der Waals surface area (Å²) in [6, 6.07) is 52.9. The van der Waals surface area contributed by atoms with E-state index >= 15 is 0 Å². The first-order chi connectivity index (χ1) is 23.3. The molecule has 4 heteroatoms. The molecule has 0 saturated carbocycles. The van der Waals surface area contributed by atoms with Gasteiger partial charge in [-0.1, -0.05) is 109 Å². The van der Waals surface area contributed by atoms with Gasteiger partial charge in [0, 0.05) is 28.4 Å². The molecular weight excluding hydrogens is 573 g/mol. The Balaban J connectivity index is 1.18. The van der Waals surface area contributed by atoms with Crippen LogP contribution < -0.4 is 25.9 Å². The lowest BCUT2D eigenvalue weighted by Crippen LogP contribution is -2.65. The summed E-state index contributed by atoms with van der Waals surface area (Å²) in [7, 11) is 0. The van der Waals surface area contributed by atoms with Gasteiger partial charge in [0.1, 0.15) is 23.0 Å². The van der Waals surface area contributed by atoms with Crippen LogP contribution in [0, 0.1) is 0 Å². The lowest BCUT2D eigenvalue weighted by atomic mass is 9.29. The molecule has 0 N–H and O–H groups in total. The largest absolute Gasteiger partial charge is 0.458 e. The summed E-state index contributed by atoms with van der Waals surface area (Å²) >= 11 is 0. The first-order valence-electron chi connectivity index (χ1n) is 16.3. The minimum Gasteiger partial charge on any atom is -0.458 e. The summed E-state index contributed by atoms with van der Waals surface area (Å²) in [6.07, 6.45) is 0. The number of benzene rings is 7. The van der Waals surface area contributed by atoms with Gasteiger partial charge < -0.3 is 14.0 Å². The molecule has 7 aromatic carbocycles. The van der Waals surface area contributed by atoms with Crippen LogP contribution in [0.2, 0.25) is 0 Å². The molecule has 0 atom stereocenters. The summed E-state index contributed by atoms with van der Waals surface area (Å²) in [5.74, 6) is 3.57. The minimum absolute atomic E-state index is 0.0117. The summed E-state index contributed by atoms with van der Waals surface area (Å²) in [5.41, 5.74) is 14.3. The molecule has 12 rings (SSSR count). The molecule has 0 fully saturated rings. The second-order valence-electron chi connectivity index (χ2n) is 13.1. The standard InChI is InChI=1S/C43H24BNO2/c1-5-15-30-26(11-1)27-12-2-6-16-31(27)43(30)32-17-9-21-36-40(32)44-41-33(43)18-10-22-37(41)47-39-24-25(23-38(46-36)42(39)44)45-34-19-7-3-13-28(34)29-14-4-8-20-35(29)45/h1-24H. The van der Waals surface area contributed by atoms with Gasteiger partial charge in [0.25, 0.3) is 6.71 Å². The zero-order chi connectivity index (χ0) is 30.4. The summed E-state index contributed by atoms with van der Waals surface area (Å²) in [5, 5.41) is 2.46. The van der Waals surface area contributed by atoms with Gasteiger partial charge in [0.15, 0.2) is 0 Å². The van der Waals surface area contributed by atoms with Gasteiger partial charge in [-0.25, -0.2) is 0 Å². The van der Waals surface area contributed by atoms with Crippen LogP contribution in [0.25, 0.3) is 38.6 Å². The van der Waals surface area contributed by atoms with E-state index in [1.807, 2.05) is 0 Å². The molecule has 1 spiro atoms. The highest BCUT2D eigenvalue weighted by atomic mass is 16.5. The van der Waals surface area contributed by atoms with Crippen molar-refractivity contribution >= 4 is 44.9 Å². The third-order valence-corrected chi connectivity index (χ3v) is 11.1. The fraction of sp³-hybridized carbons (Fsp3) is 0.0233. The Morgan fingerprint density at radius 2 is 0.894 bits per heavy atom. The van der Waals surface area contributed by atoms with Gasteiger partial charge in [0.05, 0.1) is 22.1 Å². The second kappa shape index (κ2) is 8.23. The van der Waals surface area contributed by atoms with Crippen molar-refractivity contribution in [2.75, 3.05) is 0 Å². The Kier molecular flexibility index (Phi) is 4.25. The van der Waals surface area contributed by atoms with Crippen molar-refractivity contribution in [1.29, 1.82) is 0 Å². The number of ether oxygens (including phenoxy) is 2. The monoisotopic (exact) mass is 597 g/mol. The lowest BCUT2D eigenvalue weighted by molar-refractivity contribution is 0.461. The molecule has 1 aromatic heterocycles. The topological polar surface area (TPSA) is 23.4 Å².